The minimum atomic E-state index is 0.161. The van der Waals surface area contributed by atoms with Crippen molar-refractivity contribution in [3.63, 3.8) is 0 Å². The topological polar surface area (TPSA) is 56.4 Å². The van der Waals surface area contributed by atoms with Gasteiger partial charge in [0.15, 0.2) is 0 Å². The van der Waals surface area contributed by atoms with Crippen LogP contribution in [0.3, 0.4) is 0 Å². The highest BCUT2D eigenvalue weighted by Gasteiger charge is 2.23. The van der Waals surface area contributed by atoms with Gasteiger partial charge in [-0.2, -0.15) is 0 Å². The van der Waals surface area contributed by atoms with Crippen LogP contribution in [0.1, 0.15) is 26.7 Å². The molecule has 0 aromatic rings. The SMILES string of the molecule is CCCN1CCN(C(CC)C(=N)N)CC1. The highest BCUT2D eigenvalue weighted by molar-refractivity contribution is 5.82. The summed E-state index contributed by atoms with van der Waals surface area (Å²) in [6, 6.07) is 0.161. The van der Waals surface area contributed by atoms with Crippen LogP contribution >= 0.6 is 0 Å². The van der Waals surface area contributed by atoms with Crippen LogP contribution < -0.4 is 5.73 Å². The van der Waals surface area contributed by atoms with Gasteiger partial charge in [-0.1, -0.05) is 13.8 Å². The molecule has 1 heterocycles. The lowest BCUT2D eigenvalue weighted by Gasteiger charge is -2.38. The smallest absolute Gasteiger partial charge is 0.108 e. The number of hydrogen-bond acceptors (Lipinski definition) is 3. The van der Waals surface area contributed by atoms with E-state index in [4.69, 9.17) is 11.1 Å². The number of nitrogens with one attached hydrogen (secondary N) is 1. The Balaban J connectivity index is 2.38. The van der Waals surface area contributed by atoms with Crippen LogP contribution in [0.2, 0.25) is 0 Å². The minimum absolute atomic E-state index is 0.161. The van der Waals surface area contributed by atoms with Gasteiger partial charge in [0, 0.05) is 26.2 Å². The molecule has 0 aromatic carbocycles. The lowest BCUT2D eigenvalue weighted by Crippen LogP contribution is -2.53. The number of rotatable bonds is 5. The Morgan fingerprint density at radius 3 is 2.27 bits per heavy atom. The zero-order valence-electron chi connectivity index (χ0n) is 10.00. The van der Waals surface area contributed by atoms with Crippen molar-refractivity contribution in [3.05, 3.63) is 0 Å². The first-order valence-corrected chi connectivity index (χ1v) is 5.99. The standard InChI is InChI=1S/C11H24N4/c1-3-5-14-6-8-15(9-7-14)10(4-2)11(12)13/h10H,3-9H2,1-2H3,(H3,12,13). The molecule has 0 aromatic heterocycles. The van der Waals surface area contributed by atoms with Crippen molar-refractivity contribution in [1.29, 1.82) is 5.41 Å². The van der Waals surface area contributed by atoms with Gasteiger partial charge in [0.25, 0.3) is 0 Å². The Labute approximate surface area is 92.9 Å². The van der Waals surface area contributed by atoms with E-state index in [1.807, 2.05) is 0 Å². The molecule has 88 valence electrons. The number of piperazine rings is 1. The van der Waals surface area contributed by atoms with E-state index in [-0.39, 0.29) is 6.04 Å². The van der Waals surface area contributed by atoms with Crippen LogP contribution in [-0.2, 0) is 0 Å². The van der Waals surface area contributed by atoms with Crippen molar-refractivity contribution in [2.45, 2.75) is 32.7 Å². The summed E-state index contributed by atoms with van der Waals surface area (Å²) in [6.45, 7) is 9.87. The molecule has 1 unspecified atom stereocenters. The zero-order chi connectivity index (χ0) is 11.3. The summed E-state index contributed by atoms with van der Waals surface area (Å²) in [5, 5.41) is 7.54. The second-order valence-electron chi connectivity index (χ2n) is 4.26. The quantitative estimate of drug-likeness (QED) is 0.522. The van der Waals surface area contributed by atoms with Crippen molar-refractivity contribution in [1.82, 2.24) is 9.80 Å². The maximum Gasteiger partial charge on any atom is 0.108 e. The number of nitrogens with zero attached hydrogens (tertiary/aromatic N) is 2. The molecule has 1 aliphatic rings. The lowest BCUT2D eigenvalue weighted by molar-refractivity contribution is 0.116. The molecule has 3 N–H and O–H groups in total. The predicted octanol–water partition coefficient (Wildman–Crippen LogP) is 0.729. The molecule has 1 rings (SSSR count). The molecule has 0 spiro atoms. The molecule has 0 amide bonds. The molecular weight excluding hydrogens is 188 g/mol. The van der Waals surface area contributed by atoms with Crippen LogP contribution in [0.5, 0.6) is 0 Å². The van der Waals surface area contributed by atoms with Crippen molar-refractivity contribution < 1.29 is 0 Å². The van der Waals surface area contributed by atoms with Crippen molar-refractivity contribution in [2.24, 2.45) is 5.73 Å². The molecule has 0 saturated carbocycles. The van der Waals surface area contributed by atoms with Crippen LogP contribution in [0.15, 0.2) is 0 Å². The molecule has 4 nitrogen and oxygen atoms in total. The molecule has 4 heteroatoms. The third-order valence-corrected chi connectivity index (χ3v) is 3.13. The van der Waals surface area contributed by atoms with Crippen LogP contribution in [0.25, 0.3) is 0 Å². The Hall–Kier alpha value is -0.610. The van der Waals surface area contributed by atoms with E-state index in [9.17, 15) is 0 Å². The fourth-order valence-corrected chi connectivity index (χ4v) is 2.29. The van der Waals surface area contributed by atoms with E-state index in [1.54, 1.807) is 0 Å². The Kier molecular flexibility index (Phi) is 5.05. The molecule has 1 aliphatic heterocycles. The molecular formula is C11H24N4. The maximum atomic E-state index is 7.54. The van der Waals surface area contributed by atoms with E-state index < -0.39 is 0 Å². The largest absolute Gasteiger partial charge is 0.386 e. The average molecular weight is 212 g/mol. The first kappa shape index (κ1) is 12.5. The van der Waals surface area contributed by atoms with Crippen LogP contribution in [0.4, 0.5) is 0 Å². The number of nitrogens with two attached hydrogens (primary N) is 1. The van der Waals surface area contributed by atoms with Gasteiger partial charge in [0.05, 0.1) is 6.04 Å². The fraction of sp³-hybridized carbons (Fsp3) is 0.909. The van der Waals surface area contributed by atoms with Crippen molar-refractivity contribution in [3.8, 4) is 0 Å². The summed E-state index contributed by atoms with van der Waals surface area (Å²) < 4.78 is 0. The van der Waals surface area contributed by atoms with Crippen LogP contribution in [-0.4, -0.2) is 54.4 Å². The molecule has 1 fully saturated rings. The molecule has 1 atom stereocenters. The highest BCUT2D eigenvalue weighted by atomic mass is 15.3. The van der Waals surface area contributed by atoms with E-state index in [1.165, 1.54) is 13.0 Å². The van der Waals surface area contributed by atoms with E-state index in [2.05, 4.69) is 23.6 Å². The summed E-state index contributed by atoms with van der Waals surface area (Å²) in [5.74, 6) is 0.321. The van der Waals surface area contributed by atoms with Gasteiger partial charge in [-0.05, 0) is 19.4 Å². The highest BCUT2D eigenvalue weighted by Crippen LogP contribution is 2.09. The van der Waals surface area contributed by atoms with Gasteiger partial charge < -0.3 is 10.6 Å². The summed E-state index contributed by atoms with van der Waals surface area (Å²) >= 11 is 0. The molecule has 0 radical (unpaired) electrons. The summed E-state index contributed by atoms with van der Waals surface area (Å²) in [4.78, 5) is 4.83. The molecule has 0 aliphatic carbocycles. The molecule has 0 bridgehead atoms. The fourth-order valence-electron chi connectivity index (χ4n) is 2.29. The Bertz CT molecular complexity index is 197. The third kappa shape index (κ3) is 3.47. The van der Waals surface area contributed by atoms with Crippen LogP contribution in [0, 0.1) is 5.41 Å². The van der Waals surface area contributed by atoms with Gasteiger partial charge in [0.2, 0.25) is 0 Å². The van der Waals surface area contributed by atoms with E-state index >= 15 is 0 Å². The first-order valence-electron chi connectivity index (χ1n) is 5.99. The van der Waals surface area contributed by atoms with E-state index in [0.29, 0.717) is 5.84 Å². The summed E-state index contributed by atoms with van der Waals surface area (Å²) in [6.07, 6.45) is 2.17. The predicted molar refractivity (Wildman–Crippen MR) is 64.3 cm³/mol. The van der Waals surface area contributed by atoms with E-state index in [0.717, 1.165) is 32.6 Å². The summed E-state index contributed by atoms with van der Waals surface area (Å²) in [7, 11) is 0. The number of hydrogen-bond donors (Lipinski definition) is 2. The third-order valence-electron chi connectivity index (χ3n) is 3.13. The molecule has 1 saturated heterocycles. The lowest BCUT2D eigenvalue weighted by atomic mass is 10.1. The van der Waals surface area contributed by atoms with Gasteiger partial charge in [-0.15, -0.1) is 0 Å². The van der Waals surface area contributed by atoms with Gasteiger partial charge in [0.1, 0.15) is 5.84 Å². The second-order valence-corrected chi connectivity index (χ2v) is 4.26. The Morgan fingerprint density at radius 1 is 1.27 bits per heavy atom. The number of amidine groups is 1. The maximum absolute atomic E-state index is 7.54. The van der Waals surface area contributed by atoms with Gasteiger partial charge >= 0.3 is 0 Å². The van der Waals surface area contributed by atoms with Crippen molar-refractivity contribution >= 4 is 5.84 Å². The normalized spacial score (nSPS) is 21.5. The monoisotopic (exact) mass is 212 g/mol. The minimum Gasteiger partial charge on any atom is -0.386 e. The Morgan fingerprint density at radius 2 is 1.87 bits per heavy atom. The average Bonchev–Trinajstić information content (AvgIpc) is 2.21. The van der Waals surface area contributed by atoms with Gasteiger partial charge in [-0.3, -0.25) is 10.3 Å². The first-order chi connectivity index (χ1) is 7.19. The van der Waals surface area contributed by atoms with Gasteiger partial charge in [-0.25, -0.2) is 0 Å². The zero-order valence-corrected chi connectivity index (χ0v) is 10.00. The molecule has 15 heavy (non-hydrogen) atoms. The van der Waals surface area contributed by atoms with Crippen molar-refractivity contribution in [2.75, 3.05) is 32.7 Å². The second kappa shape index (κ2) is 6.08. The summed E-state index contributed by atoms with van der Waals surface area (Å²) in [5.41, 5.74) is 5.60.